The Kier molecular flexibility index (Phi) is 5.72. The maximum Gasteiger partial charge on any atom is 0.408 e. The highest BCUT2D eigenvalue weighted by molar-refractivity contribution is 5.89. The number of methoxy groups -OCH3 is 1. The molecule has 1 atom stereocenters. The molecule has 1 aromatic carbocycles. The molecule has 0 spiro atoms. The second kappa shape index (κ2) is 7.08. The van der Waals surface area contributed by atoms with Gasteiger partial charge in [0.2, 0.25) is 0 Å². The first-order valence-corrected chi connectivity index (χ1v) is 6.55. The molecular weight excluding hydrogens is 274 g/mol. The van der Waals surface area contributed by atoms with Crippen LogP contribution < -0.4 is 5.32 Å². The van der Waals surface area contributed by atoms with Crippen LogP contribution in [-0.4, -0.2) is 36.5 Å². The Morgan fingerprint density at radius 1 is 1.33 bits per heavy atom. The number of hydrogen-bond donors (Lipinski definition) is 2. The molecule has 0 fully saturated rings. The van der Waals surface area contributed by atoms with Gasteiger partial charge in [0.25, 0.3) is 0 Å². The summed E-state index contributed by atoms with van der Waals surface area (Å²) in [5.41, 5.74) is 0.309. The van der Waals surface area contributed by atoms with Crippen molar-refractivity contribution in [2.75, 3.05) is 13.7 Å². The third-order valence-electron chi connectivity index (χ3n) is 2.58. The smallest absolute Gasteiger partial charge is 0.408 e. The van der Waals surface area contributed by atoms with E-state index < -0.39 is 23.7 Å². The van der Waals surface area contributed by atoms with E-state index in [1.54, 1.807) is 45.0 Å². The van der Waals surface area contributed by atoms with Gasteiger partial charge in [-0.2, -0.15) is 0 Å². The van der Waals surface area contributed by atoms with Crippen molar-refractivity contribution in [1.82, 2.24) is 5.32 Å². The molecule has 0 aliphatic rings. The summed E-state index contributed by atoms with van der Waals surface area (Å²) in [6, 6.07) is 5.84. The van der Waals surface area contributed by atoms with Crippen LogP contribution in [0.1, 0.15) is 42.7 Å². The fourth-order valence-electron chi connectivity index (χ4n) is 1.68. The van der Waals surface area contributed by atoms with Gasteiger partial charge in [-0.3, -0.25) is 0 Å². The lowest BCUT2D eigenvalue weighted by Crippen LogP contribution is -2.36. The van der Waals surface area contributed by atoms with E-state index >= 15 is 0 Å². The van der Waals surface area contributed by atoms with Crippen LogP contribution in [0.3, 0.4) is 0 Å². The SMILES string of the molecule is COC(=O)c1cccc(C(CO)NC(=O)OC(C)(C)C)c1. The summed E-state index contributed by atoms with van der Waals surface area (Å²) in [4.78, 5) is 23.2. The van der Waals surface area contributed by atoms with Gasteiger partial charge < -0.3 is 19.9 Å². The predicted molar refractivity (Wildman–Crippen MR) is 77.0 cm³/mol. The minimum absolute atomic E-state index is 0.316. The Labute approximate surface area is 124 Å². The fourth-order valence-corrected chi connectivity index (χ4v) is 1.68. The first-order valence-electron chi connectivity index (χ1n) is 6.55. The lowest BCUT2D eigenvalue weighted by molar-refractivity contribution is 0.0481. The predicted octanol–water partition coefficient (Wildman–Crippen LogP) is 2.03. The van der Waals surface area contributed by atoms with Crippen molar-refractivity contribution in [3.05, 3.63) is 35.4 Å². The van der Waals surface area contributed by atoms with Gasteiger partial charge in [0.15, 0.2) is 0 Å². The Hall–Kier alpha value is -2.08. The molecule has 0 saturated heterocycles. The van der Waals surface area contributed by atoms with Crippen molar-refractivity contribution in [2.24, 2.45) is 0 Å². The number of nitrogens with one attached hydrogen (secondary N) is 1. The minimum Gasteiger partial charge on any atom is -0.465 e. The molecule has 6 nitrogen and oxygen atoms in total. The zero-order chi connectivity index (χ0) is 16.0. The molecule has 6 heteroatoms. The summed E-state index contributed by atoms with van der Waals surface area (Å²) >= 11 is 0. The molecule has 1 unspecified atom stereocenters. The van der Waals surface area contributed by atoms with Gasteiger partial charge in [0.05, 0.1) is 25.3 Å². The molecule has 0 heterocycles. The van der Waals surface area contributed by atoms with E-state index in [0.717, 1.165) is 0 Å². The van der Waals surface area contributed by atoms with Crippen LogP contribution in [0.4, 0.5) is 4.79 Å². The van der Waals surface area contributed by atoms with Gasteiger partial charge in [-0.05, 0) is 38.5 Å². The molecule has 1 aromatic rings. The Bertz CT molecular complexity index is 507. The van der Waals surface area contributed by atoms with E-state index in [2.05, 4.69) is 10.1 Å². The number of amides is 1. The monoisotopic (exact) mass is 295 g/mol. The molecule has 21 heavy (non-hydrogen) atoms. The second-order valence-corrected chi connectivity index (χ2v) is 5.50. The molecule has 116 valence electrons. The van der Waals surface area contributed by atoms with E-state index in [1.807, 2.05) is 0 Å². The third-order valence-corrected chi connectivity index (χ3v) is 2.58. The van der Waals surface area contributed by atoms with Gasteiger partial charge in [0.1, 0.15) is 5.60 Å². The van der Waals surface area contributed by atoms with Crippen LogP contribution in [0.15, 0.2) is 24.3 Å². The van der Waals surface area contributed by atoms with Gasteiger partial charge in [-0.1, -0.05) is 12.1 Å². The van der Waals surface area contributed by atoms with E-state index in [9.17, 15) is 14.7 Å². The van der Waals surface area contributed by atoms with Crippen LogP contribution in [0.2, 0.25) is 0 Å². The normalized spacial score (nSPS) is 12.4. The lowest BCUT2D eigenvalue weighted by atomic mass is 10.0. The van der Waals surface area contributed by atoms with Crippen LogP contribution in [0, 0.1) is 0 Å². The number of aliphatic hydroxyl groups excluding tert-OH is 1. The van der Waals surface area contributed by atoms with Gasteiger partial charge in [-0.25, -0.2) is 9.59 Å². The number of alkyl carbamates (subject to hydrolysis) is 1. The van der Waals surface area contributed by atoms with Crippen molar-refractivity contribution >= 4 is 12.1 Å². The van der Waals surface area contributed by atoms with Crippen molar-refractivity contribution in [3.63, 3.8) is 0 Å². The molecular formula is C15H21NO5. The number of ether oxygens (including phenoxy) is 2. The van der Waals surface area contributed by atoms with E-state index in [-0.39, 0.29) is 6.61 Å². The lowest BCUT2D eigenvalue weighted by Gasteiger charge is -2.23. The zero-order valence-electron chi connectivity index (χ0n) is 12.7. The molecule has 0 aromatic heterocycles. The number of aliphatic hydroxyl groups is 1. The number of carbonyl (C=O) groups is 2. The average molecular weight is 295 g/mol. The van der Waals surface area contributed by atoms with Gasteiger partial charge >= 0.3 is 12.1 Å². The minimum atomic E-state index is -0.663. The topological polar surface area (TPSA) is 84.9 Å². The number of rotatable bonds is 4. The molecule has 2 N–H and O–H groups in total. The summed E-state index contributed by atoms with van der Waals surface area (Å²) in [6.07, 6.45) is -0.634. The first-order chi connectivity index (χ1) is 9.76. The van der Waals surface area contributed by atoms with Crippen LogP contribution >= 0.6 is 0 Å². The van der Waals surface area contributed by atoms with Gasteiger partial charge in [0, 0.05) is 0 Å². The van der Waals surface area contributed by atoms with Crippen molar-refractivity contribution in [3.8, 4) is 0 Å². The summed E-state index contributed by atoms with van der Waals surface area (Å²) < 4.78 is 9.78. The fraction of sp³-hybridized carbons (Fsp3) is 0.467. The number of benzene rings is 1. The molecule has 1 amide bonds. The van der Waals surface area contributed by atoms with Crippen LogP contribution in [0.25, 0.3) is 0 Å². The zero-order valence-corrected chi connectivity index (χ0v) is 12.7. The number of carbonyl (C=O) groups excluding carboxylic acids is 2. The first kappa shape index (κ1) is 17.0. The Morgan fingerprint density at radius 3 is 2.52 bits per heavy atom. The van der Waals surface area contributed by atoms with Crippen molar-refractivity contribution < 1.29 is 24.2 Å². The Balaban J connectivity index is 2.85. The molecule has 0 bridgehead atoms. The van der Waals surface area contributed by atoms with Crippen molar-refractivity contribution in [1.29, 1.82) is 0 Å². The number of hydrogen-bond acceptors (Lipinski definition) is 5. The standard InChI is InChI=1S/C15H21NO5/c1-15(2,3)21-14(19)16-12(9-17)10-6-5-7-11(8-10)13(18)20-4/h5-8,12,17H,9H2,1-4H3,(H,16,19). The molecule has 0 aliphatic heterocycles. The third kappa shape index (κ3) is 5.43. The highest BCUT2D eigenvalue weighted by Gasteiger charge is 2.20. The largest absolute Gasteiger partial charge is 0.465 e. The van der Waals surface area contributed by atoms with E-state index in [0.29, 0.717) is 11.1 Å². The number of esters is 1. The summed E-state index contributed by atoms with van der Waals surface area (Å²) in [7, 11) is 1.29. The second-order valence-electron chi connectivity index (χ2n) is 5.50. The van der Waals surface area contributed by atoms with Gasteiger partial charge in [-0.15, -0.1) is 0 Å². The maximum atomic E-state index is 11.7. The molecule has 0 saturated carbocycles. The molecule has 0 aliphatic carbocycles. The van der Waals surface area contributed by atoms with E-state index in [1.165, 1.54) is 7.11 Å². The quantitative estimate of drug-likeness (QED) is 0.830. The molecule has 1 rings (SSSR count). The highest BCUT2D eigenvalue weighted by atomic mass is 16.6. The van der Waals surface area contributed by atoms with Crippen LogP contribution in [0.5, 0.6) is 0 Å². The van der Waals surface area contributed by atoms with Crippen LogP contribution in [-0.2, 0) is 9.47 Å². The average Bonchev–Trinajstić information content (AvgIpc) is 2.42. The Morgan fingerprint density at radius 2 is 2.00 bits per heavy atom. The highest BCUT2D eigenvalue weighted by Crippen LogP contribution is 2.16. The summed E-state index contributed by atoms with van der Waals surface area (Å²) in [5.74, 6) is -0.481. The summed E-state index contributed by atoms with van der Waals surface area (Å²) in [6.45, 7) is 4.93. The van der Waals surface area contributed by atoms with E-state index in [4.69, 9.17) is 4.74 Å². The van der Waals surface area contributed by atoms with Crippen molar-refractivity contribution in [2.45, 2.75) is 32.4 Å². The summed E-state index contributed by atoms with van der Waals surface area (Å²) in [5, 5.41) is 12.0. The maximum absolute atomic E-state index is 11.7. The molecule has 0 radical (unpaired) electrons.